The van der Waals surface area contributed by atoms with E-state index in [-0.39, 0.29) is 37.6 Å². The third-order valence-corrected chi connectivity index (χ3v) is 6.84. The van der Waals surface area contributed by atoms with Gasteiger partial charge in [0.1, 0.15) is 12.1 Å². The van der Waals surface area contributed by atoms with Crippen LogP contribution in [0.1, 0.15) is 55.7 Å². The van der Waals surface area contributed by atoms with E-state index in [0.717, 1.165) is 5.56 Å². The minimum absolute atomic E-state index is 0.0805. The Morgan fingerprint density at radius 3 is 1.95 bits per heavy atom. The number of benzene rings is 2. The molecule has 0 radical (unpaired) electrons. The van der Waals surface area contributed by atoms with Crippen molar-refractivity contribution >= 4 is 29.5 Å². The number of amides is 3. The topological polar surface area (TPSA) is 235 Å². The minimum atomic E-state index is -0.993. The van der Waals surface area contributed by atoms with E-state index in [4.69, 9.17) is 28.7 Å². The molecular weight excluding hydrogens is 536 g/mol. The van der Waals surface area contributed by atoms with E-state index in [2.05, 4.69) is 15.6 Å². The number of unbranched alkanes of at least 4 members (excludes halogenated alkanes) is 1. The highest BCUT2D eigenvalue weighted by Crippen LogP contribution is 2.18. The zero-order valence-electron chi connectivity index (χ0n) is 23.9. The number of Topliss-reactive ketones (excluding diaryl/α,β-unsaturated/α-hetero) is 1. The van der Waals surface area contributed by atoms with Crippen LogP contribution in [-0.4, -0.2) is 54.6 Å². The molecule has 0 heterocycles. The van der Waals surface area contributed by atoms with Crippen LogP contribution in [0.25, 0.3) is 0 Å². The fraction of sp³-hybridized carbons (Fsp3) is 0.433. The van der Waals surface area contributed by atoms with Crippen molar-refractivity contribution in [3.63, 3.8) is 0 Å². The van der Waals surface area contributed by atoms with Crippen LogP contribution in [0.4, 0.5) is 0 Å². The fourth-order valence-electron chi connectivity index (χ4n) is 4.50. The molecule has 0 spiro atoms. The molecular formula is C30H44N8O4. The number of rotatable bonds is 19. The molecule has 0 saturated carbocycles. The predicted octanol–water partition coefficient (Wildman–Crippen LogP) is 0.142. The van der Waals surface area contributed by atoms with Crippen LogP contribution in [0.3, 0.4) is 0 Å². The molecule has 0 unspecified atom stereocenters. The number of aliphatic imine (C=N–C) groups is 1. The highest BCUT2D eigenvalue weighted by Gasteiger charge is 2.31. The Bertz CT molecular complexity index is 1170. The molecule has 0 saturated heterocycles. The number of nitrogens with two attached hydrogens (primary N) is 5. The lowest BCUT2D eigenvalue weighted by molar-refractivity contribution is -0.133. The van der Waals surface area contributed by atoms with Crippen molar-refractivity contribution in [3.05, 3.63) is 71.8 Å². The number of hydrogen-bond donors (Lipinski definition) is 7. The molecule has 42 heavy (non-hydrogen) atoms. The van der Waals surface area contributed by atoms with Gasteiger partial charge in [-0.1, -0.05) is 60.7 Å². The van der Waals surface area contributed by atoms with Crippen molar-refractivity contribution in [1.82, 2.24) is 10.6 Å². The number of hydrogen-bond acceptors (Lipinski definition) is 7. The van der Waals surface area contributed by atoms with E-state index in [1.165, 1.54) is 0 Å². The largest absolute Gasteiger partial charge is 0.370 e. The maximum atomic E-state index is 13.7. The van der Waals surface area contributed by atoms with Gasteiger partial charge in [-0.25, -0.2) is 0 Å². The summed E-state index contributed by atoms with van der Waals surface area (Å²) >= 11 is 0. The minimum Gasteiger partial charge on any atom is -0.370 e. The van der Waals surface area contributed by atoms with Gasteiger partial charge in [0.05, 0.1) is 6.04 Å². The summed E-state index contributed by atoms with van der Waals surface area (Å²) in [5, 5.41) is 5.49. The van der Waals surface area contributed by atoms with Gasteiger partial charge in [-0.3, -0.25) is 24.2 Å². The summed E-state index contributed by atoms with van der Waals surface area (Å²) < 4.78 is 0. The van der Waals surface area contributed by atoms with Gasteiger partial charge in [-0.05, 0) is 56.2 Å². The van der Waals surface area contributed by atoms with Crippen LogP contribution in [0.2, 0.25) is 0 Å². The Labute approximate surface area is 246 Å². The maximum absolute atomic E-state index is 13.7. The van der Waals surface area contributed by atoms with E-state index in [9.17, 15) is 19.2 Å². The molecule has 0 aromatic heterocycles. The molecule has 2 aromatic rings. The molecule has 2 rings (SSSR count). The second kappa shape index (κ2) is 18.2. The molecule has 12 heteroatoms. The summed E-state index contributed by atoms with van der Waals surface area (Å²) in [4.78, 5) is 56.2. The van der Waals surface area contributed by atoms with Crippen molar-refractivity contribution in [2.45, 2.75) is 63.1 Å². The Morgan fingerprint density at radius 2 is 1.36 bits per heavy atom. The van der Waals surface area contributed by atoms with E-state index in [1.54, 1.807) is 24.3 Å². The van der Waals surface area contributed by atoms with Gasteiger partial charge in [0, 0.05) is 18.9 Å². The molecule has 0 aliphatic heterocycles. The van der Waals surface area contributed by atoms with E-state index in [1.807, 2.05) is 36.4 Å². The maximum Gasteiger partial charge on any atom is 0.242 e. The normalized spacial score (nSPS) is 13.7. The second-order valence-corrected chi connectivity index (χ2v) is 10.2. The Kier molecular flexibility index (Phi) is 14.7. The molecule has 0 fully saturated rings. The first kappa shape index (κ1) is 33.9. The van der Waals surface area contributed by atoms with Crippen molar-refractivity contribution in [3.8, 4) is 0 Å². The zero-order valence-corrected chi connectivity index (χ0v) is 23.9. The smallest absolute Gasteiger partial charge is 0.242 e. The lowest BCUT2D eigenvalue weighted by atomic mass is 9.89. The van der Waals surface area contributed by atoms with Gasteiger partial charge >= 0.3 is 0 Å². The first-order valence-electron chi connectivity index (χ1n) is 14.1. The Morgan fingerprint density at radius 1 is 0.762 bits per heavy atom. The van der Waals surface area contributed by atoms with Crippen LogP contribution in [0.15, 0.2) is 65.7 Å². The van der Waals surface area contributed by atoms with Gasteiger partial charge < -0.3 is 39.3 Å². The Balaban J connectivity index is 2.25. The summed E-state index contributed by atoms with van der Waals surface area (Å²) in [6.45, 7) is 0.707. The lowest BCUT2D eigenvalue weighted by Gasteiger charge is -2.24. The van der Waals surface area contributed by atoms with Crippen LogP contribution in [-0.2, 0) is 25.6 Å². The van der Waals surface area contributed by atoms with Crippen molar-refractivity contribution in [1.29, 1.82) is 0 Å². The van der Waals surface area contributed by atoms with Crippen molar-refractivity contribution in [2.24, 2.45) is 39.6 Å². The average Bonchev–Trinajstić information content (AvgIpc) is 2.98. The monoisotopic (exact) mass is 580 g/mol. The summed E-state index contributed by atoms with van der Waals surface area (Å²) in [6, 6.07) is 15.2. The fourth-order valence-corrected chi connectivity index (χ4v) is 4.50. The number of carbonyl (C=O) groups excluding carboxylic acids is 4. The molecule has 12 nitrogen and oxygen atoms in total. The summed E-state index contributed by atoms with van der Waals surface area (Å²) in [5.74, 6) is -2.93. The number of primary amides is 1. The van der Waals surface area contributed by atoms with E-state index in [0.29, 0.717) is 37.8 Å². The van der Waals surface area contributed by atoms with E-state index < -0.39 is 41.8 Å². The van der Waals surface area contributed by atoms with Crippen LogP contribution < -0.4 is 39.3 Å². The van der Waals surface area contributed by atoms with Crippen LogP contribution >= 0.6 is 0 Å². The second-order valence-electron chi connectivity index (χ2n) is 10.2. The molecule has 228 valence electrons. The number of nitrogens with one attached hydrogen (secondary N) is 2. The predicted molar refractivity (Wildman–Crippen MR) is 163 cm³/mol. The third-order valence-electron chi connectivity index (χ3n) is 6.84. The van der Waals surface area contributed by atoms with Gasteiger partial charge in [0.25, 0.3) is 0 Å². The highest BCUT2D eigenvalue weighted by molar-refractivity contribution is 5.95. The Hall–Kier alpha value is -4.29. The standard InChI is InChI=1S/C30H44N8O4/c31-16-8-7-14-24(27(33)40)38-28(41)22(18-20-10-3-1-4-11-20)19-25(39)23(15-9-17-36-30(34)35)37-29(42)26(32)21-12-5-2-6-13-21/h1-6,10-13,22-24,26H,7-9,14-19,31-32H2,(H2,33,40)(H,37,42)(H,38,41)(H4,34,35,36)/t22-,23-,24+,26+/m1/s1. The third kappa shape index (κ3) is 12.1. The molecule has 12 N–H and O–H groups in total. The highest BCUT2D eigenvalue weighted by atomic mass is 16.2. The molecule has 4 atom stereocenters. The zero-order chi connectivity index (χ0) is 30.9. The van der Waals surface area contributed by atoms with Crippen LogP contribution in [0.5, 0.6) is 0 Å². The number of carbonyl (C=O) groups is 4. The average molecular weight is 581 g/mol. The number of guanidine groups is 1. The van der Waals surface area contributed by atoms with Gasteiger partial charge in [0.15, 0.2) is 11.7 Å². The molecule has 3 amide bonds. The summed E-state index contributed by atoms with van der Waals surface area (Å²) in [6.07, 6.45) is 2.30. The SMILES string of the molecule is NCCCC[C@H](NC(=O)[C@@H](CC(=O)[C@@H](CCCN=C(N)N)NC(=O)[C@@H](N)c1ccccc1)Cc1ccccc1)C(N)=O. The van der Waals surface area contributed by atoms with Crippen molar-refractivity contribution in [2.75, 3.05) is 13.1 Å². The van der Waals surface area contributed by atoms with Gasteiger partial charge in [0.2, 0.25) is 17.7 Å². The van der Waals surface area contributed by atoms with E-state index >= 15 is 0 Å². The quantitative estimate of drug-likeness (QED) is 0.0684. The number of ketones is 1. The van der Waals surface area contributed by atoms with Gasteiger partial charge in [-0.2, -0.15) is 0 Å². The van der Waals surface area contributed by atoms with Gasteiger partial charge in [-0.15, -0.1) is 0 Å². The molecule has 0 aliphatic carbocycles. The summed E-state index contributed by atoms with van der Waals surface area (Å²) in [7, 11) is 0. The number of nitrogens with zero attached hydrogens (tertiary/aromatic N) is 1. The first-order chi connectivity index (χ1) is 20.1. The molecule has 2 aromatic carbocycles. The summed E-state index contributed by atoms with van der Waals surface area (Å²) in [5.41, 5.74) is 29.5. The first-order valence-corrected chi connectivity index (χ1v) is 14.1. The lowest BCUT2D eigenvalue weighted by Crippen LogP contribution is -2.49. The molecule has 0 bridgehead atoms. The van der Waals surface area contributed by atoms with Crippen molar-refractivity contribution < 1.29 is 19.2 Å². The molecule has 0 aliphatic rings. The van der Waals surface area contributed by atoms with Crippen LogP contribution in [0, 0.1) is 5.92 Å².